The van der Waals surface area contributed by atoms with E-state index in [0.29, 0.717) is 6.61 Å². The zero-order valence-electron chi connectivity index (χ0n) is 11.9. The smallest absolute Gasteiger partial charge is 0.0733 e. The van der Waals surface area contributed by atoms with Crippen LogP contribution in [-0.4, -0.2) is 7.11 Å². The molecule has 2 rings (SSSR count). The number of para-hydroxylation sites is 1. The summed E-state index contributed by atoms with van der Waals surface area (Å²) in [6.07, 6.45) is 0. The van der Waals surface area contributed by atoms with Gasteiger partial charge >= 0.3 is 0 Å². The van der Waals surface area contributed by atoms with Gasteiger partial charge < -0.3 is 10.1 Å². The SMILES string of the molecule is COCc1ccccc1NCc1ccc(C)cc1C. The number of hydrogen-bond donors (Lipinski definition) is 1. The van der Waals surface area contributed by atoms with Crippen molar-refractivity contribution in [2.24, 2.45) is 0 Å². The van der Waals surface area contributed by atoms with Gasteiger partial charge in [0, 0.05) is 24.9 Å². The Bertz CT molecular complexity index is 549. The Morgan fingerprint density at radius 2 is 1.79 bits per heavy atom. The highest BCUT2D eigenvalue weighted by atomic mass is 16.5. The Kier molecular flexibility index (Phi) is 4.58. The number of methoxy groups -OCH3 is 1. The fraction of sp³-hybridized carbons (Fsp3) is 0.294. The molecule has 0 radical (unpaired) electrons. The molecule has 0 atom stereocenters. The average molecular weight is 255 g/mol. The molecule has 0 aliphatic carbocycles. The Hall–Kier alpha value is -1.80. The minimum absolute atomic E-state index is 0.635. The summed E-state index contributed by atoms with van der Waals surface area (Å²) in [7, 11) is 1.72. The maximum Gasteiger partial charge on any atom is 0.0733 e. The summed E-state index contributed by atoms with van der Waals surface area (Å²) < 4.78 is 5.22. The Morgan fingerprint density at radius 1 is 1.00 bits per heavy atom. The maximum atomic E-state index is 5.22. The van der Waals surface area contributed by atoms with E-state index < -0.39 is 0 Å². The van der Waals surface area contributed by atoms with Gasteiger partial charge in [-0.05, 0) is 31.0 Å². The quantitative estimate of drug-likeness (QED) is 0.870. The molecule has 0 fully saturated rings. The van der Waals surface area contributed by atoms with E-state index in [1.54, 1.807) is 7.11 Å². The molecule has 0 bridgehead atoms. The van der Waals surface area contributed by atoms with E-state index >= 15 is 0 Å². The highest BCUT2D eigenvalue weighted by Crippen LogP contribution is 2.18. The zero-order chi connectivity index (χ0) is 13.7. The van der Waals surface area contributed by atoms with Gasteiger partial charge in [-0.1, -0.05) is 42.0 Å². The minimum atomic E-state index is 0.635. The van der Waals surface area contributed by atoms with Crippen molar-refractivity contribution in [1.82, 2.24) is 0 Å². The van der Waals surface area contributed by atoms with Crippen LogP contribution in [0.25, 0.3) is 0 Å². The fourth-order valence-electron chi connectivity index (χ4n) is 2.21. The fourth-order valence-corrected chi connectivity index (χ4v) is 2.21. The molecule has 0 aliphatic rings. The molecule has 0 spiro atoms. The van der Waals surface area contributed by atoms with Gasteiger partial charge in [0.05, 0.1) is 6.61 Å². The lowest BCUT2D eigenvalue weighted by atomic mass is 10.1. The molecule has 0 aromatic heterocycles. The molecule has 0 amide bonds. The standard InChI is InChI=1S/C17H21NO/c1-13-8-9-15(14(2)10-13)11-18-17-7-5-4-6-16(17)12-19-3/h4-10,18H,11-12H2,1-3H3. The molecule has 2 heteroatoms. The van der Waals surface area contributed by atoms with Crippen molar-refractivity contribution in [1.29, 1.82) is 0 Å². The van der Waals surface area contributed by atoms with Crippen LogP contribution in [0.4, 0.5) is 5.69 Å². The summed E-state index contributed by atoms with van der Waals surface area (Å²) in [6.45, 7) is 5.76. The Labute approximate surface area is 115 Å². The van der Waals surface area contributed by atoms with Gasteiger partial charge in [-0.15, -0.1) is 0 Å². The van der Waals surface area contributed by atoms with Crippen molar-refractivity contribution in [3.05, 3.63) is 64.7 Å². The first-order valence-electron chi connectivity index (χ1n) is 6.57. The molecule has 0 heterocycles. The third kappa shape index (κ3) is 3.58. The maximum absolute atomic E-state index is 5.22. The molecule has 0 saturated carbocycles. The summed E-state index contributed by atoms with van der Waals surface area (Å²) in [5, 5.41) is 3.49. The molecule has 0 unspecified atom stereocenters. The van der Waals surface area contributed by atoms with Gasteiger partial charge in [0.15, 0.2) is 0 Å². The van der Waals surface area contributed by atoms with Gasteiger partial charge in [-0.25, -0.2) is 0 Å². The summed E-state index contributed by atoms with van der Waals surface area (Å²) in [5.74, 6) is 0. The van der Waals surface area contributed by atoms with Crippen LogP contribution in [0.5, 0.6) is 0 Å². The molecule has 19 heavy (non-hydrogen) atoms. The second kappa shape index (κ2) is 6.39. The van der Waals surface area contributed by atoms with Crippen molar-refractivity contribution in [2.75, 3.05) is 12.4 Å². The van der Waals surface area contributed by atoms with Crippen LogP contribution in [0.2, 0.25) is 0 Å². The highest BCUT2D eigenvalue weighted by Gasteiger charge is 2.02. The van der Waals surface area contributed by atoms with E-state index in [9.17, 15) is 0 Å². The van der Waals surface area contributed by atoms with Crippen LogP contribution in [0.1, 0.15) is 22.3 Å². The van der Waals surface area contributed by atoms with E-state index in [4.69, 9.17) is 4.74 Å². The number of anilines is 1. The lowest BCUT2D eigenvalue weighted by molar-refractivity contribution is 0.185. The molecule has 2 aromatic carbocycles. The number of ether oxygens (including phenoxy) is 1. The van der Waals surface area contributed by atoms with Crippen LogP contribution in [0.15, 0.2) is 42.5 Å². The average Bonchev–Trinajstić information content (AvgIpc) is 2.40. The second-order valence-corrected chi connectivity index (χ2v) is 4.87. The van der Waals surface area contributed by atoms with Gasteiger partial charge in [0.25, 0.3) is 0 Å². The molecular weight excluding hydrogens is 234 g/mol. The topological polar surface area (TPSA) is 21.3 Å². The number of aryl methyl sites for hydroxylation is 2. The summed E-state index contributed by atoms with van der Waals surface area (Å²) in [4.78, 5) is 0. The molecular formula is C17H21NO. The van der Waals surface area contributed by atoms with E-state index in [1.807, 2.05) is 12.1 Å². The van der Waals surface area contributed by atoms with Crippen LogP contribution >= 0.6 is 0 Å². The van der Waals surface area contributed by atoms with Crippen molar-refractivity contribution < 1.29 is 4.74 Å². The first-order chi connectivity index (χ1) is 9.20. The third-order valence-corrected chi connectivity index (χ3v) is 3.28. The summed E-state index contributed by atoms with van der Waals surface area (Å²) >= 11 is 0. The van der Waals surface area contributed by atoms with Crippen LogP contribution < -0.4 is 5.32 Å². The van der Waals surface area contributed by atoms with Crippen molar-refractivity contribution in [2.45, 2.75) is 27.0 Å². The van der Waals surface area contributed by atoms with Gasteiger partial charge in [0.1, 0.15) is 0 Å². The van der Waals surface area contributed by atoms with Gasteiger partial charge in [-0.2, -0.15) is 0 Å². The van der Waals surface area contributed by atoms with Crippen LogP contribution in [0, 0.1) is 13.8 Å². The predicted molar refractivity (Wildman–Crippen MR) is 80.4 cm³/mol. The molecule has 2 nitrogen and oxygen atoms in total. The van der Waals surface area contributed by atoms with Crippen LogP contribution in [-0.2, 0) is 17.9 Å². The van der Waals surface area contributed by atoms with Crippen molar-refractivity contribution in [3.8, 4) is 0 Å². The molecule has 1 N–H and O–H groups in total. The monoisotopic (exact) mass is 255 g/mol. The van der Waals surface area contributed by atoms with E-state index in [0.717, 1.165) is 12.2 Å². The lowest BCUT2D eigenvalue weighted by Crippen LogP contribution is -2.04. The van der Waals surface area contributed by atoms with E-state index in [2.05, 4.69) is 49.5 Å². The first-order valence-corrected chi connectivity index (χ1v) is 6.57. The second-order valence-electron chi connectivity index (χ2n) is 4.87. The Balaban J connectivity index is 2.10. The summed E-state index contributed by atoms with van der Waals surface area (Å²) in [5.41, 5.74) is 6.30. The van der Waals surface area contributed by atoms with Crippen molar-refractivity contribution >= 4 is 5.69 Å². The third-order valence-electron chi connectivity index (χ3n) is 3.28. The number of nitrogens with one attached hydrogen (secondary N) is 1. The largest absolute Gasteiger partial charge is 0.381 e. The van der Waals surface area contributed by atoms with Gasteiger partial charge in [0.2, 0.25) is 0 Å². The number of hydrogen-bond acceptors (Lipinski definition) is 2. The minimum Gasteiger partial charge on any atom is -0.381 e. The highest BCUT2D eigenvalue weighted by molar-refractivity contribution is 5.51. The zero-order valence-corrected chi connectivity index (χ0v) is 11.9. The first kappa shape index (κ1) is 13.6. The molecule has 100 valence electrons. The molecule has 0 saturated heterocycles. The number of benzene rings is 2. The van der Waals surface area contributed by atoms with Crippen molar-refractivity contribution in [3.63, 3.8) is 0 Å². The number of rotatable bonds is 5. The van der Waals surface area contributed by atoms with E-state index in [-0.39, 0.29) is 0 Å². The van der Waals surface area contributed by atoms with E-state index in [1.165, 1.54) is 22.3 Å². The molecule has 0 aliphatic heterocycles. The molecule has 2 aromatic rings. The van der Waals surface area contributed by atoms with Gasteiger partial charge in [-0.3, -0.25) is 0 Å². The summed E-state index contributed by atoms with van der Waals surface area (Å²) in [6, 6.07) is 14.8. The predicted octanol–water partition coefficient (Wildman–Crippen LogP) is 4.06. The lowest BCUT2D eigenvalue weighted by Gasteiger charge is -2.13. The van der Waals surface area contributed by atoms with Crippen LogP contribution in [0.3, 0.4) is 0 Å². The normalized spacial score (nSPS) is 10.5. The Morgan fingerprint density at radius 3 is 2.53 bits per heavy atom.